The molecule has 0 bridgehead atoms. The molecule has 0 amide bonds. The topological polar surface area (TPSA) is 71.4 Å². The molecule has 0 radical (unpaired) electrons. The Morgan fingerprint density at radius 1 is 1.35 bits per heavy atom. The SMILES string of the molecule is CCOC(=O)C(O)(c1cc(C)c(N=CN(C)CC)cc1OC)C(F)(F)F. The molecular weight excluding hydrogens is 353 g/mol. The van der Waals surface area contributed by atoms with Crippen molar-refractivity contribution in [1.82, 2.24) is 4.90 Å². The van der Waals surface area contributed by atoms with E-state index in [4.69, 9.17) is 4.74 Å². The molecule has 1 aromatic carbocycles. The number of nitrogens with zero attached hydrogens (tertiary/aromatic N) is 2. The highest BCUT2D eigenvalue weighted by Crippen LogP contribution is 2.45. The number of carbonyl (C=O) groups excluding carboxylic acids is 1. The van der Waals surface area contributed by atoms with Crippen LogP contribution in [-0.2, 0) is 15.1 Å². The maximum atomic E-state index is 13.6. The number of rotatable bonds is 7. The molecule has 0 aliphatic heterocycles. The molecule has 6 nitrogen and oxygen atoms in total. The quantitative estimate of drug-likeness (QED) is 0.450. The van der Waals surface area contributed by atoms with Gasteiger partial charge in [0.25, 0.3) is 5.60 Å². The molecule has 9 heteroatoms. The predicted octanol–water partition coefficient (Wildman–Crippen LogP) is 2.93. The summed E-state index contributed by atoms with van der Waals surface area (Å²) in [4.78, 5) is 17.9. The second-order valence-electron chi connectivity index (χ2n) is 5.59. The third kappa shape index (κ3) is 4.27. The minimum absolute atomic E-state index is 0.315. The number of benzene rings is 1. The van der Waals surface area contributed by atoms with Crippen LogP contribution in [0.25, 0.3) is 0 Å². The highest BCUT2D eigenvalue weighted by Gasteiger charge is 2.63. The molecule has 1 atom stereocenters. The lowest BCUT2D eigenvalue weighted by Crippen LogP contribution is -2.50. The van der Waals surface area contributed by atoms with Crippen molar-refractivity contribution in [1.29, 1.82) is 0 Å². The fraction of sp³-hybridized carbons (Fsp3) is 0.529. The zero-order valence-corrected chi connectivity index (χ0v) is 15.3. The maximum Gasteiger partial charge on any atom is 0.432 e. The van der Waals surface area contributed by atoms with E-state index >= 15 is 0 Å². The Labute approximate surface area is 150 Å². The molecule has 0 aromatic heterocycles. The number of hydrogen-bond acceptors (Lipinski definition) is 5. The third-order valence-electron chi connectivity index (χ3n) is 3.78. The van der Waals surface area contributed by atoms with E-state index in [-0.39, 0.29) is 12.4 Å². The summed E-state index contributed by atoms with van der Waals surface area (Å²) < 4.78 is 50.1. The van der Waals surface area contributed by atoms with E-state index in [1.165, 1.54) is 26.3 Å². The third-order valence-corrected chi connectivity index (χ3v) is 3.78. The van der Waals surface area contributed by atoms with Crippen LogP contribution in [0.3, 0.4) is 0 Å². The lowest BCUT2D eigenvalue weighted by molar-refractivity contribution is -0.268. The number of hydrogen-bond donors (Lipinski definition) is 1. The zero-order chi connectivity index (χ0) is 20.1. The van der Waals surface area contributed by atoms with Gasteiger partial charge < -0.3 is 19.5 Å². The fourth-order valence-corrected chi connectivity index (χ4v) is 2.12. The molecule has 0 saturated heterocycles. The van der Waals surface area contributed by atoms with E-state index in [1.807, 2.05) is 6.92 Å². The molecule has 26 heavy (non-hydrogen) atoms. The highest BCUT2D eigenvalue weighted by molar-refractivity contribution is 5.84. The summed E-state index contributed by atoms with van der Waals surface area (Å²) in [7, 11) is 2.93. The van der Waals surface area contributed by atoms with E-state index in [0.717, 1.165) is 13.2 Å². The molecule has 1 rings (SSSR count). The van der Waals surface area contributed by atoms with Gasteiger partial charge in [-0.05, 0) is 32.4 Å². The smallest absolute Gasteiger partial charge is 0.432 e. The zero-order valence-electron chi connectivity index (χ0n) is 15.3. The number of alkyl halides is 3. The molecule has 0 aliphatic rings. The van der Waals surface area contributed by atoms with Crippen molar-refractivity contribution in [2.45, 2.75) is 32.5 Å². The van der Waals surface area contributed by atoms with Gasteiger partial charge in [-0.2, -0.15) is 13.2 Å². The van der Waals surface area contributed by atoms with Crippen LogP contribution in [0.4, 0.5) is 18.9 Å². The first-order valence-corrected chi connectivity index (χ1v) is 7.92. The Morgan fingerprint density at radius 3 is 2.42 bits per heavy atom. The van der Waals surface area contributed by atoms with Gasteiger partial charge in [-0.1, -0.05) is 0 Å². The van der Waals surface area contributed by atoms with Gasteiger partial charge in [0.2, 0.25) is 0 Å². The number of aryl methyl sites for hydroxylation is 1. The number of aliphatic hydroxyl groups is 1. The van der Waals surface area contributed by atoms with Gasteiger partial charge in [-0.15, -0.1) is 0 Å². The molecule has 1 aromatic rings. The van der Waals surface area contributed by atoms with Crippen molar-refractivity contribution in [3.05, 3.63) is 23.3 Å². The van der Waals surface area contributed by atoms with Crippen LogP contribution in [0, 0.1) is 6.92 Å². The van der Waals surface area contributed by atoms with Crippen LogP contribution < -0.4 is 4.74 Å². The predicted molar refractivity (Wildman–Crippen MR) is 90.8 cm³/mol. The van der Waals surface area contributed by atoms with E-state index in [1.54, 1.807) is 11.9 Å². The van der Waals surface area contributed by atoms with Crippen LogP contribution in [0.2, 0.25) is 0 Å². The second-order valence-corrected chi connectivity index (χ2v) is 5.59. The summed E-state index contributed by atoms with van der Waals surface area (Å²) in [5.74, 6) is -2.14. The second kappa shape index (κ2) is 8.39. The molecular formula is C17H23F3N2O4. The largest absolute Gasteiger partial charge is 0.496 e. The van der Waals surface area contributed by atoms with Crippen LogP contribution >= 0.6 is 0 Å². The van der Waals surface area contributed by atoms with Gasteiger partial charge in [0.05, 0.1) is 25.7 Å². The van der Waals surface area contributed by atoms with Crippen LogP contribution in [0.1, 0.15) is 25.0 Å². The van der Waals surface area contributed by atoms with E-state index in [0.29, 0.717) is 17.8 Å². The van der Waals surface area contributed by atoms with E-state index in [9.17, 15) is 23.1 Å². The van der Waals surface area contributed by atoms with Gasteiger partial charge >= 0.3 is 12.1 Å². The van der Waals surface area contributed by atoms with E-state index in [2.05, 4.69) is 9.73 Å². The standard InChI is InChI=1S/C17H23F3N2O4/c1-6-22(4)10-21-13-9-14(25-5)12(8-11(13)3)16(24,17(18,19)20)15(23)26-7-2/h8-10,24H,6-7H2,1-5H3. The highest BCUT2D eigenvalue weighted by atomic mass is 19.4. The van der Waals surface area contributed by atoms with Crippen molar-refractivity contribution < 1.29 is 32.5 Å². The minimum Gasteiger partial charge on any atom is -0.496 e. The Morgan fingerprint density at radius 2 is 1.96 bits per heavy atom. The molecule has 0 aliphatic carbocycles. The number of halogens is 3. The number of esters is 1. The van der Waals surface area contributed by atoms with Crippen LogP contribution in [-0.4, -0.2) is 55.8 Å². The van der Waals surface area contributed by atoms with Crippen molar-refractivity contribution in [3.8, 4) is 5.75 Å². The van der Waals surface area contributed by atoms with Crippen molar-refractivity contribution in [2.24, 2.45) is 4.99 Å². The average Bonchev–Trinajstić information content (AvgIpc) is 2.58. The molecule has 0 spiro atoms. The summed E-state index contributed by atoms with van der Waals surface area (Å²) in [5.41, 5.74) is -3.92. The molecule has 0 saturated carbocycles. The van der Waals surface area contributed by atoms with Crippen molar-refractivity contribution >= 4 is 18.0 Å². The van der Waals surface area contributed by atoms with Crippen molar-refractivity contribution in [3.63, 3.8) is 0 Å². The van der Waals surface area contributed by atoms with Gasteiger partial charge in [0.15, 0.2) is 0 Å². The molecule has 146 valence electrons. The average molecular weight is 376 g/mol. The number of aliphatic imine (C=N–C) groups is 1. The summed E-state index contributed by atoms with van der Waals surface area (Å²) in [6.45, 7) is 5.15. The van der Waals surface area contributed by atoms with Crippen LogP contribution in [0.15, 0.2) is 17.1 Å². The normalized spacial score (nSPS) is 14.2. The first-order chi connectivity index (χ1) is 12.0. The Hall–Kier alpha value is -2.29. The van der Waals surface area contributed by atoms with E-state index < -0.39 is 23.3 Å². The number of carbonyl (C=O) groups is 1. The Balaban J connectivity index is 3.57. The van der Waals surface area contributed by atoms with Gasteiger partial charge in [-0.3, -0.25) is 0 Å². The fourth-order valence-electron chi connectivity index (χ4n) is 2.12. The van der Waals surface area contributed by atoms with Gasteiger partial charge in [-0.25, -0.2) is 9.79 Å². The summed E-state index contributed by atoms with van der Waals surface area (Å²) in [6.07, 6.45) is -3.78. The number of ether oxygens (including phenoxy) is 2. The molecule has 0 heterocycles. The maximum absolute atomic E-state index is 13.6. The Kier molecular flexibility index (Phi) is 7.02. The first-order valence-electron chi connectivity index (χ1n) is 7.92. The summed E-state index contributed by atoms with van der Waals surface area (Å²) >= 11 is 0. The van der Waals surface area contributed by atoms with Gasteiger partial charge in [0.1, 0.15) is 5.75 Å². The molecule has 1 N–H and O–H groups in total. The lowest BCUT2D eigenvalue weighted by atomic mass is 9.90. The molecule has 1 unspecified atom stereocenters. The first kappa shape index (κ1) is 21.8. The molecule has 0 fully saturated rings. The Bertz CT molecular complexity index is 677. The lowest BCUT2D eigenvalue weighted by Gasteiger charge is -2.30. The van der Waals surface area contributed by atoms with Crippen molar-refractivity contribution in [2.75, 3.05) is 27.3 Å². The van der Waals surface area contributed by atoms with Crippen LogP contribution in [0.5, 0.6) is 5.75 Å². The minimum atomic E-state index is -5.30. The summed E-state index contributed by atoms with van der Waals surface area (Å²) in [6, 6.07) is 2.27. The monoisotopic (exact) mass is 376 g/mol. The van der Waals surface area contributed by atoms with Gasteiger partial charge in [0, 0.05) is 25.2 Å². The number of methoxy groups -OCH3 is 1. The summed E-state index contributed by atoms with van der Waals surface area (Å²) in [5, 5.41) is 10.3.